The summed E-state index contributed by atoms with van der Waals surface area (Å²) >= 11 is 14.0. The predicted octanol–water partition coefficient (Wildman–Crippen LogP) is 5.06. The molecule has 0 atom stereocenters. The Labute approximate surface area is 108 Å². The summed E-state index contributed by atoms with van der Waals surface area (Å²) < 4.78 is 0.910. The molecular weight excluding hydrogens is 292 g/mol. The summed E-state index contributed by atoms with van der Waals surface area (Å²) in [6, 6.07) is 13.8. The lowest BCUT2D eigenvalue weighted by atomic mass is 10.1. The topological polar surface area (TPSA) is 0 Å². The quantitative estimate of drug-likeness (QED) is 0.699. The number of hydrogen-bond donors (Lipinski definition) is 1. The van der Waals surface area contributed by atoms with Crippen LogP contribution in [0.15, 0.2) is 51.8 Å². The van der Waals surface area contributed by atoms with Gasteiger partial charge in [0.25, 0.3) is 0 Å². The van der Waals surface area contributed by atoms with Gasteiger partial charge in [0.1, 0.15) is 0 Å². The number of thiol groups is 1. The molecule has 0 aromatic heterocycles. The number of hydrogen-bond acceptors (Lipinski definition) is 1. The van der Waals surface area contributed by atoms with Crippen LogP contribution in [0, 0.1) is 0 Å². The van der Waals surface area contributed by atoms with Gasteiger partial charge < -0.3 is 0 Å². The Balaban J connectivity index is 2.65. The minimum atomic E-state index is 0.712. The first-order chi connectivity index (χ1) is 7.20. The zero-order valence-corrected chi connectivity index (χ0v) is 11.0. The Hall–Kier alpha value is -0.440. The fourth-order valence-corrected chi connectivity index (χ4v) is 2.35. The van der Waals surface area contributed by atoms with Crippen LogP contribution in [0.5, 0.6) is 0 Å². The van der Waals surface area contributed by atoms with Crippen molar-refractivity contribution in [3.63, 3.8) is 0 Å². The standard InChI is InChI=1S/C12H8BrClS/c13-12-9(5-3-6-10(12)14)8-4-1-2-7-11(8)15/h1-7,15H. The Morgan fingerprint density at radius 2 is 1.60 bits per heavy atom. The fraction of sp³-hybridized carbons (Fsp3) is 0. The summed E-state index contributed by atoms with van der Waals surface area (Å²) in [6.07, 6.45) is 0. The summed E-state index contributed by atoms with van der Waals surface area (Å²) in [7, 11) is 0. The van der Waals surface area contributed by atoms with Crippen LogP contribution in [0.25, 0.3) is 11.1 Å². The van der Waals surface area contributed by atoms with Crippen molar-refractivity contribution >= 4 is 40.2 Å². The molecule has 0 aliphatic heterocycles. The van der Waals surface area contributed by atoms with E-state index in [1.165, 1.54) is 0 Å². The van der Waals surface area contributed by atoms with Crippen LogP contribution in [0.2, 0.25) is 5.02 Å². The highest BCUT2D eigenvalue weighted by atomic mass is 79.9. The van der Waals surface area contributed by atoms with Gasteiger partial charge in [0, 0.05) is 9.37 Å². The highest BCUT2D eigenvalue weighted by Crippen LogP contribution is 2.36. The maximum atomic E-state index is 6.04. The molecule has 0 heterocycles. The molecule has 0 bridgehead atoms. The minimum absolute atomic E-state index is 0.712. The normalized spacial score (nSPS) is 10.3. The van der Waals surface area contributed by atoms with Crippen molar-refractivity contribution in [3.05, 3.63) is 52.0 Å². The molecule has 15 heavy (non-hydrogen) atoms. The number of benzene rings is 2. The van der Waals surface area contributed by atoms with E-state index in [4.69, 9.17) is 11.6 Å². The van der Waals surface area contributed by atoms with Gasteiger partial charge in [-0.3, -0.25) is 0 Å². The monoisotopic (exact) mass is 298 g/mol. The van der Waals surface area contributed by atoms with E-state index in [0.29, 0.717) is 5.02 Å². The molecule has 0 nitrogen and oxygen atoms in total. The minimum Gasteiger partial charge on any atom is -0.143 e. The van der Waals surface area contributed by atoms with E-state index in [9.17, 15) is 0 Å². The zero-order valence-electron chi connectivity index (χ0n) is 7.74. The third-order valence-corrected chi connectivity index (χ3v) is 3.93. The molecule has 2 aromatic carbocycles. The van der Waals surface area contributed by atoms with Gasteiger partial charge in [0.15, 0.2) is 0 Å². The summed E-state index contributed by atoms with van der Waals surface area (Å²) in [5.74, 6) is 0. The van der Waals surface area contributed by atoms with Gasteiger partial charge in [-0.25, -0.2) is 0 Å². The lowest BCUT2D eigenvalue weighted by Crippen LogP contribution is -1.82. The Kier molecular flexibility index (Phi) is 3.39. The molecule has 0 spiro atoms. The Morgan fingerprint density at radius 1 is 0.933 bits per heavy atom. The smallest absolute Gasteiger partial charge is 0.0554 e. The van der Waals surface area contributed by atoms with Crippen molar-refractivity contribution in [2.24, 2.45) is 0 Å². The first-order valence-electron chi connectivity index (χ1n) is 4.42. The largest absolute Gasteiger partial charge is 0.143 e. The van der Waals surface area contributed by atoms with E-state index < -0.39 is 0 Å². The molecule has 76 valence electrons. The molecule has 0 radical (unpaired) electrons. The van der Waals surface area contributed by atoms with Crippen LogP contribution in [0.3, 0.4) is 0 Å². The summed E-state index contributed by atoms with van der Waals surface area (Å²) in [5, 5.41) is 0.712. The van der Waals surface area contributed by atoms with E-state index in [-0.39, 0.29) is 0 Å². The van der Waals surface area contributed by atoms with Crippen LogP contribution < -0.4 is 0 Å². The first kappa shape index (κ1) is 11.1. The molecule has 0 N–H and O–H groups in total. The molecule has 0 aliphatic rings. The second-order valence-electron chi connectivity index (χ2n) is 3.12. The molecule has 3 heteroatoms. The van der Waals surface area contributed by atoms with Crippen molar-refractivity contribution in [2.75, 3.05) is 0 Å². The summed E-state index contributed by atoms with van der Waals surface area (Å²) in [4.78, 5) is 0.945. The van der Waals surface area contributed by atoms with Crippen molar-refractivity contribution in [2.45, 2.75) is 4.90 Å². The number of rotatable bonds is 1. The van der Waals surface area contributed by atoms with Crippen LogP contribution in [0.1, 0.15) is 0 Å². The lowest BCUT2D eigenvalue weighted by Gasteiger charge is -2.08. The summed E-state index contributed by atoms with van der Waals surface area (Å²) in [5.41, 5.74) is 2.14. The van der Waals surface area contributed by atoms with Crippen LogP contribution in [-0.4, -0.2) is 0 Å². The van der Waals surface area contributed by atoms with Gasteiger partial charge in [0.05, 0.1) is 5.02 Å². The van der Waals surface area contributed by atoms with Gasteiger partial charge in [-0.05, 0) is 39.2 Å². The van der Waals surface area contributed by atoms with Gasteiger partial charge in [-0.2, -0.15) is 0 Å². The van der Waals surface area contributed by atoms with E-state index in [2.05, 4.69) is 28.6 Å². The molecule has 0 unspecified atom stereocenters. The van der Waals surface area contributed by atoms with Gasteiger partial charge in [-0.15, -0.1) is 12.6 Å². The number of halogens is 2. The third kappa shape index (κ3) is 2.22. The van der Waals surface area contributed by atoms with Crippen molar-refractivity contribution in [1.29, 1.82) is 0 Å². The van der Waals surface area contributed by atoms with E-state index in [0.717, 1.165) is 20.5 Å². The average molecular weight is 300 g/mol. The molecule has 0 saturated carbocycles. The third-order valence-electron chi connectivity index (χ3n) is 2.15. The lowest BCUT2D eigenvalue weighted by molar-refractivity contribution is 1.44. The maximum absolute atomic E-state index is 6.04. The van der Waals surface area contributed by atoms with E-state index in [1.807, 2.05) is 42.5 Å². The molecule has 0 saturated heterocycles. The highest BCUT2D eigenvalue weighted by molar-refractivity contribution is 9.10. The second kappa shape index (κ2) is 4.60. The van der Waals surface area contributed by atoms with Crippen molar-refractivity contribution in [1.82, 2.24) is 0 Å². The average Bonchev–Trinajstić information content (AvgIpc) is 2.23. The van der Waals surface area contributed by atoms with Gasteiger partial charge >= 0.3 is 0 Å². The Morgan fingerprint density at radius 3 is 2.33 bits per heavy atom. The molecule has 2 rings (SSSR count). The van der Waals surface area contributed by atoms with Gasteiger partial charge in [-0.1, -0.05) is 41.9 Å². The fourth-order valence-electron chi connectivity index (χ4n) is 1.41. The van der Waals surface area contributed by atoms with Crippen LogP contribution in [0.4, 0.5) is 0 Å². The molecular formula is C12H8BrClS. The van der Waals surface area contributed by atoms with E-state index in [1.54, 1.807) is 0 Å². The highest BCUT2D eigenvalue weighted by Gasteiger charge is 2.07. The van der Waals surface area contributed by atoms with E-state index >= 15 is 0 Å². The molecule has 2 aromatic rings. The Bertz CT molecular complexity index is 497. The second-order valence-corrected chi connectivity index (χ2v) is 4.80. The van der Waals surface area contributed by atoms with Crippen molar-refractivity contribution in [3.8, 4) is 11.1 Å². The summed E-state index contributed by atoms with van der Waals surface area (Å²) in [6.45, 7) is 0. The molecule has 0 aliphatic carbocycles. The van der Waals surface area contributed by atoms with Gasteiger partial charge in [0.2, 0.25) is 0 Å². The van der Waals surface area contributed by atoms with Crippen molar-refractivity contribution < 1.29 is 0 Å². The molecule has 0 fully saturated rings. The SMILES string of the molecule is Sc1ccccc1-c1cccc(Cl)c1Br. The first-order valence-corrected chi connectivity index (χ1v) is 6.04. The zero-order chi connectivity index (χ0) is 10.8. The van der Waals surface area contributed by atoms with Crippen LogP contribution in [-0.2, 0) is 0 Å². The predicted molar refractivity (Wildman–Crippen MR) is 71.8 cm³/mol. The van der Waals surface area contributed by atoms with Crippen LogP contribution >= 0.6 is 40.2 Å². The maximum Gasteiger partial charge on any atom is 0.0554 e. The molecule has 0 amide bonds.